The summed E-state index contributed by atoms with van der Waals surface area (Å²) in [7, 11) is 0. The average molecular weight is 256 g/mol. The van der Waals surface area contributed by atoms with Crippen LogP contribution in [0.15, 0.2) is 4.52 Å². The van der Waals surface area contributed by atoms with Crippen molar-refractivity contribution in [3.05, 3.63) is 11.7 Å². The molecule has 0 saturated heterocycles. The van der Waals surface area contributed by atoms with E-state index in [1.165, 1.54) is 0 Å². The molecular formula is C10H16N4O2S. The van der Waals surface area contributed by atoms with Gasteiger partial charge >= 0.3 is 0 Å². The van der Waals surface area contributed by atoms with Crippen LogP contribution in [0.3, 0.4) is 0 Å². The maximum atomic E-state index is 11.8. The minimum atomic E-state index is -0.478. The van der Waals surface area contributed by atoms with Crippen LogP contribution in [-0.2, 0) is 11.3 Å². The fourth-order valence-electron chi connectivity index (χ4n) is 1.45. The van der Waals surface area contributed by atoms with Crippen LogP contribution in [0.5, 0.6) is 0 Å². The molecule has 0 aliphatic rings. The lowest BCUT2D eigenvalue weighted by Crippen LogP contribution is -2.40. The lowest BCUT2D eigenvalue weighted by molar-refractivity contribution is -0.124. The Morgan fingerprint density at radius 2 is 2.24 bits per heavy atom. The molecule has 0 spiro atoms. The number of hydrogen-bond acceptors (Lipinski definition) is 5. The number of rotatable bonds is 5. The topological polar surface area (TPSA) is 94.0 Å². The summed E-state index contributed by atoms with van der Waals surface area (Å²) in [6.07, 6.45) is 0. The zero-order valence-electron chi connectivity index (χ0n) is 10.1. The molecule has 1 atom stereocenters. The Bertz CT molecular complexity index is 416. The van der Waals surface area contributed by atoms with Crippen molar-refractivity contribution in [1.82, 2.24) is 15.5 Å². The standard InChI is InChI=1S/C10H16N4O2S/c1-5(2)8(9(11)17)10(15)12-4-7-13-6(3)14-16-7/h5,8H,4H2,1-3H3,(H2,11,17)(H,12,15). The Morgan fingerprint density at radius 3 is 2.65 bits per heavy atom. The quantitative estimate of drug-likeness (QED) is 0.747. The number of thiocarbonyl (C=S) groups is 1. The molecule has 0 aromatic carbocycles. The van der Waals surface area contributed by atoms with Gasteiger partial charge in [0.15, 0.2) is 5.82 Å². The van der Waals surface area contributed by atoms with Gasteiger partial charge in [-0.1, -0.05) is 31.2 Å². The third-order valence-corrected chi connectivity index (χ3v) is 2.49. The SMILES string of the molecule is Cc1noc(CNC(=O)C(C(N)=S)C(C)C)n1. The van der Waals surface area contributed by atoms with Gasteiger partial charge in [0, 0.05) is 0 Å². The van der Waals surface area contributed by atoms with Crippen molar-refractivity contribution in [2.45, 2.75) is 27.3 Å². The van der Waals surface area contributed by atoms with E-state index >= 15 is 0 Å². The largest absolute Gasteiger partial charge is 0.393 e. The van der Waals surface area contributed by atoms with Gasteiger partial charge in [-0.3, -0.25) is 4.79 Å². The van der Waals surface area contributed by atoms with E-state index < -0.39 is 5.92 Å². The summed E-state index contributed by atoms with van der Waals surface area (Å²) in [5.74, 6) is 0.250. The van der Waals surface area contributed by atoms with Gasteiger partial charge in [-0.05, 0) is 12.8 Å². The Hall–Kier alpha value is -1.50. The smallest absolute Gasteiger partial charge is 0.246 e. The lowest BCUT2D eigenvalue weighted by atomic mass is 9.95. The van der Waals surface area contributed by atoms with Gasteiger partial charge in [0.05, 0.1) is 17.5 Å². The van der Waals surface area contributed by atoms with Gasteiger partial charge < -0.3 is 15.6 Å². The summed E-state index contributed by atoms with van der Waals surface area (Å²) < 4.78 is 4.88. The summed E-state index contributed by atoms with van der Waals surface area (Å²) >= 11 is 4.87. The average Bonchev–Trinajstić information content (AvgIpc) is 2.60. The van der Waals surface area contributed by atoms with Crippen molar-refractivity contribution in [3.8, 4) is 0 Å². The molecular weight excluding hydrogens is 240 g/mol. The van der Waals surface area contributed by atoms with Crippen LogP contribution in [-0.4, -0.2) is 21.0 Å². The molecule has 6 nitrogen and oxygen atoms in total. The fourth-order valence-corrected chi connectivity index (χ4v) is 1.82. The van der Waals surface area contributed by atoms with E-state index in [0.29, 0.717) is 11.7 Å². The number of hydrogen-bond donors (Lipinski definition) is 2. The molecule has 0 aliphatic carbocycles. The number of nitrogens with zero attached hydrogens (tertiary/aromatic N) is 2. The van der Waals surface area contributed by atoms with E-state index in [4.69, 9.17) is 22.5 Å². The first-order valence-corrected chi connectivity index (χ1v) is 5.69. The first kappa shape index (κ1) is 13.6. The molecule has 1 unspecified atom stereocenters. The normalized spacial score (nSPS) is 12.5. The minimum absolute atomic E-state index is 0.0527. The highest BCUT2D eigenvalue weighted by Crippen LogP contribution is 2.11. The van der Waals surface area contributed by atoms with Crippen LogP contribution in [0.1, 0.15) is 25.6 Å². The molecule has 0 aliphatic heterocycles. The van der Waals surface area contributed by atoms with E-state index in [2.05, 4.69) is 15.5 Å². The van der Waals surface area contributed by atoms with Crippen LogP contribution in [0.4, 0.5) is 0 Å². The van der Waals surface area contributed by atoms with E-state index in [1.54, 1.807) is 6.92 Å². The molecule has 0 radical (unpaired) electrons. The van der Waals surface area contributed by atoms with Crippen molar-refractivity contribution in [1.29, 1.82) is 0 Å². The second-order valence-electron chi connectivity index (χ2n) is 4.08. The molecule has 0 fully saturated rings. The number of amides is 1. The highest BCUT2D eigenvalue weighted by atomic mass is 32.1. The Balaban J connectivity index is 2.56. The number of carbonyl (C=O) groups is 1. The van der Waals surface area contributed by atoms with E-state index in [9.17, 15) is 4.79 Å². The molecule has 1 rings (SSSR count). The van der Waals surface area contributed by atoms with E-state index in [-0.39, 0.29) is 23.4 Å². The van der Waals surface area contributed by atoms with Crippen LogP contribution in [0.25, 0.3) is 0 Å². The molecule has 17 heavy (non-hydrogen) atoms. The van der Waals surface area contributed by atoms with E-state index in [1.807, 2.05) is 13.8 Å². The predicted octanol–water partition coefficient (Wildman–Crippen LogP) is 0.553. The molecule has 7 heteroatoms. The zero-order valence-corrected chi connectivity index (χ0v) is 10.9. The molecule has 1 heterocycles. The second-order valence-corrected chi connectivity index (χ2v) is 4.55. The molecule has 94 valence electrons. The van der Waals surface area contributed by atoms with E-state index in [0.717, 1.165) is 0 Å². The Kier molecular flexibility index (Phi) is 4.56. The minimum Gasteiger partial charge on any atom is -0.393 e. The summed E-state index contributed by atoms with van der Waals surface area (Å²) in [6, 6.07) is 0. The third-order valence-electron chi connectivity index (χ3n) is 2.24. The molecule has 1 amide bonds. The Morgan fingerprint density at radius 1 is 1.59 bits per heavy atom. The van der Waals surface area contributed by atoms with Crippen molar-refractivity contribution in [3.63, 3.8) is 0 Å². The van der Waals surface area contributed by atoms with Crippen LogP contribution < -0.4 is 11.1 Å². The second kappa shape index (κ2) is 5.72. The molecule has 1 aromatic heterocycles. The van der Waals surface area contributed by atoms with Gasteiger partial charge in [-0.25, -0.2) is 0 Å². The molecule has 0 saturated carbocycles. The van der Waals surface area contributed by atoms with Gasteiger partial charge in [0.25, 0.3) is 0 Å². The monoisotopic (exact) mass is 256 g/mol. The molecule has 3 N–H and O–H groups in total. The van der Waals surface area contributed by atoms with Crippen LogP contribution >= 0.6 is 12.2 Å². The number of aryl methyl sites for hydroxylation is 1. The first-order chi connectivity index (χ1) is 7.91. The third kappa shape index (κ3) is 3.77. The van der Waals surface area contributed by atoms with Gasteiger partial charge in [0.2, 0.25) is 11.8 Å². The van der Waals surface area contributed by atoms with Crippen molar-refractivity contribution < 1.29 is 9.32 Å². The van der Waals surface area contributed by atoms with Crippen molar-refractivity contribution in [2.24, 2.45) is 17.6 Å². The van der Waals surface area contributed by atoms with Crippen LogP contribution in [0.2, 0.25) is 0 Å². The molecule has 1 aromatic rings. The summed E-state index contributed by atoms with van der Waals surface area (Å²) in [5.41, 5.74) is 5.53. The first-order valence-electron chi connectivity index (χ1n) is 5.28. The lowest BCUT2D eigenvalue weighted by Gasteiger charge is -2.18. The van der Waals surface area contributed by atoms with Crippen molar-refractivity contribution >= 4 is 23.1 Å². The van der Waals surface area contributed by atoms with Gasteiger partial charge in [0.1, 0.15) is 0 Å². The highest BCUT2D eigenvalue weighted by Gasteiger charge is 2.24. The van der Waals surface area contributed by atoms with Crippen LogP contribution in [0, 0.1) is 18.8 Å². The molecule has 0 bridgehead atoms. The highest BCUT2D eigenvalue weighted by molar-refractivity contribution is 7.80. The van der Waals surface area contributed by atoms with Gasteiger partial charge in [-0.15, -0.1) is 0 Å². The summed E-state index contributed by atoms with van der Waals surface area (Å²) in [4.78, 5) is 16.0. The Labute approximate surface area is 105 Å². The van der Waals surface area contributed by atoms with Crippen molar-refractivity contribution in [2.75, 3.05) is 0 Å². The number of carbonyl (C=O) groups excluding carboxylic acids is 1. The maximum absolute atomic E-state index is 11.8. The number of nitrogens with one attached hydrogen (secondary N) is 1. The fraction of sp³-hybridized carbons (Fsp3) is 0.600. The zero-order chi connectivity index (χ0) is 13.0. The van der Waals surface area contributed by atoms with Gasteiger partial charge in [-0.2, -0.15) is 4.98 Å². The predicted molar refractivity (Wildman–Crippen MR) is 66.0 cm³/mol. The summed E-state index contributed by atoms with van der Waals surface area (Å²) in [5, 5.41) is 6.29. The number of nitrogens with two attached hydrogens (primary N) is 1. The summed E-state index contributed by atoms with van der Waals surface area (Å²) in [6.45, 7) is 5.67. The number of aromatic nitrogens is 2. The maximum Gasteiger partial charge on any atom is 0.246 e.